The minimum absolute atomic E-state index is 0.529. The van der Waals surface area contributed by atoms with Crippen molar-refractivity contribution in [2.24, 2.45) is 5.73 Å². The Morgan fingerprint density at radius 2 is 2.29 bits per heavy atom. The molecular weight excluding hydrogens is 174 g/mol. The van der Waals surface area contributed by atoms with Crippen LogP contribution in [0.4, 0.5) is 0 Å². The smallest absolute Gasteiger partial charge is 0.119 e. The first-order valence-corrected chi connectivity index (χ1v) is 4.53. The van der Waals surface area contributed by atoms with Gasteiger partial charge in [0.1, 0.15) is 5.75 Å². The fraction of sp³-hybridized carbons (Fsp3) is 0.167. The summed E-state index contributed by atoms with van der Waals surface area (Å²) in [5.74, 6) is 0.805. The molecule has 1 aromatic carbocycles. The highest BCUT2D eigenvalue weighted by Crippen LogP contribution is 2.22. The molecule has 1 rings (SSSR count). The van der Waals surface area contributed by atoms with E-state index in [1.54, 1.807) is 6.08 Å². The van der Waals surface area contributed by atoms with Crippen molar-refractivity contribution < 1.29 is 4.74 Å². The van der Waals surface area contributed by atoms with Crippen LogP contribution in [0.3, 0.4) is 0 Å². The van der Waals surface area contributed by atoms with Gasteiger partial charge in [0.05, 0.1) is 6.61 Å². The Labute approximate surface area is 84.7 Å². The molecule has 0 saturated carbocycles. The predicted molar refractivity (Wildman–Crippen MR) is 60.9 cm³/mol. The fourth-order valence-electron chi connectivity index (χ4n) is 1.25. The van der Waals surface area contributed by atoms with E-state index in [1.165, 1.54) is 0 Å². The molecule has 0 fully saturated rings. The minimum Gasteiger partial charge on any atom is -0.494 e. The Kier molecular flexibility index (Phi) is 3.35. The predicted octanol–water partition coefficient (Wildman–Crippen LogP) is 2.66. The van der Waals surface area contributed by atoms with Crippen molar-refractivity contribution in [2.45, 2.75) is 6.92 Å². The molecule has 0 aromatic heterocycles. The van der Waals surface area contributed by atoms with Crippen molar-refractivity contribution in [1.82, 2.24) is 0 Å². The van der Waals surface area contributed by atoms with Gasteiger partial charge in [-0.3, -0.25) is 0 Å². The largest absolute Gasteiger partial charge is 0.494 e. The summed E-state index contributed by atoms with van der Waals surface area (Å²) in [6, 6.07) is 5.70. The lowest BCUT2D eigenvalue weighted by Gasteiger charge is -2.08. The van der Waals surface area contributed by atoms with E-state index in [0.717, 1.165) is 16.9 Å². The first-order chi connectivity index (χ1) is 6.69. The summed E-state index contributed by atoms with van der Waals surface area (Å²) in [4.78, 5) is 0. The topological polar surface area (TPSA) is 35.2 Å². The third kappa shape index (κ3) is 2.16. The van der Waals surface area contributed by atoms with Crippen LogP contribution in [0, 0.1) is 0 Å². The van der Waals surface area contributed by atoms with Gasteiger partial charge in [-0.15, -0.1) is 0 Å². The van der Waals surface area contributed by atoms with Crippen LogP contribution in [0.15, 0.2) is 31.4 Å². The fourth-order valence-corrected chi connectivity index (χ4v) is 1.25. The molecule has 0 aliphatic heterocycles. The molecule has 0 bridgehead atoms. The molecule has 2 heteroatoms. The Bertz CT molecular complexity index is 355. The van der Waals surface area contributed by atoms with Crippen molar-refractivity contribution in [3.8, 4) is 5.75 Å². The molecule has 1 aromatic rings. The first-order valence-electron chi connectivity index (χ1n) is 4.53. The summed E-state index contributed by atoms with van der Waals surface area (Å²) >= 11 is 0. The summed E-state index contributed by atoms with van der Waals surface area (Å²) in [5.41, 5.74) is 8.04. The standard InChI is InChI=1S/C12H15NO/c1-4-10-6-7-11(14-5-2)8-12(10)9(3)13/h4,6-8H,1,3,5,13H2,2H3. The van der Waals surface area contributed by atoms with Gasteiger partial charge in [-0.1, -0.05) is 25.3 Å². The van der Waals surface area contributed by atoms with E-state index in [1.807, 2.05) is 25.1 Å². The molecule has 2 N–H and O–H groups in total. The van der Waals surface area contributed by atoms with E-state index in [4.69, 9.17) is 10.5 Å². The average molecular weight is 189 g/mol. The monoisotopic (exact) mass is 189 g/mol. The molecule has 0 saturated heterocycles. The normalized spacial score (nSPS) is 9.50. The van der Waals surface area contributed by atoms with Crippen LogP contribution in [0.1, 0.15) is 18.1 Å². The van der Waals surface area contributed by atoms with Crippen LogP contribution in [-0.4, -0.2) is 6.61 Å². The second kappa shape index (κ2) is 4.51. The maximum Gasteiger partial charge on any atom is 0.119 e. The van der Waals surface area contributed by atoms with E-state index < -0.39 is 0 Å². The quantitative estimate of drug-likeness (QED) is 0.790. The van der Waals surface area contributed by atoms with Gasteiger partial charge in [-0.25, -0.2) is 0 Å². The number of hydrogen-bond donors (Lipinski definition) is 1. The Balaban J connectivity index is 3.13. The number of nitrogens with two attached hydrogens (primary N) is 1. The van der Waals surface area contributed by atoms with Crippen molar-refractivity contribution in [2.75, 3.05) is 6.61 Å². The zero-order valence-electron chi connectivity index (χ0n) is 8.42. The van der Waals surface area contributed by atoms with Gasteiger partial charge in [0.25, 0.3) is 0 Å². The lowest BCUT2D eigenvalue weighted by atomic mass is 10.1. The molecule has 14 heavy (non-hydrogen) atoms. The van der Waals surface area contributed by atoms with Crippen LogP contribution in [-0.2, 0) is 0 Å². The molecule has 0 radical (unpaired) electrons. The molecule has 0 aliphatic carbocycles. The maximum atomic E-state index is 5.66. The molecular formula is C12H15NO. The number of rotatable bonds is 4. The summed E-state index contributed by atoms with van der Waals surface area (Å²) in [6.07, 6.45) is 1.75. The van der Waals surface area contributed by atoms with Gasteiger partial charge in [-0.05, 0) is 24.6 Å². The zero-order chi connectivity index (χ0) is 10.6. The average Bonchev–Trinajstić information content (AvgIpc) is 2.18. The summed E-state index contributed by atoms with van der Waals surface area (Å²) in [5, 5.41) is 0. The third-order valence-corrected chi connectivity index (χ3v) is 1.90. The molecule has 0 heterocycles. The van der Waals surface area contributed by atoms with Gasteiger partial charge >= 0.3 is 0 Å². The summed E-state index contributed by atoms with van der Waals surface area (Å²) in [6.45, 7) is 10.0. The zero-order valence-corrected chi connectivity index (χ0v) is 8.42. The highest BCUT2D eigenvalue weighted by atomic mass is 16.5. The van der Waals surface area contributed by atoms with E-state index in [0.29, 0.717) is 12.3 Å². The van der Waals surface area contributed by atoms with Crippen molar-refractivity contribution in [1.29, 1.82) is 0 Å². The second-order valence-electron chi connectivity index (χ2n) is 2.91. The lowest BCUT2D eigenvalue weighted by Crippen LogP contribution is -1.99. The molecule has 2 nitrogen and oxygen atoms in total. The molecule has 74 valence electrons. The van der Waals surface area contributed by atoms with Gasteiger partial charge in [-0.2, -0.15) is 0 Å². The van der Waals surface area contributed by atoms with E-state index >= 15 is 0 Å². The molecule has 0 aliphatic rings. The Morgan fingerprint density at radius 3 is 2.79 bits per heavy atom. The van der Waals surface area contributed by atoms with Crippen molar-refractivity contribution in [3.63, 3.8) is 0 Å². The van der Waals surface area contributed by atoms with Crippen molar-refractivity contribution >= 4 is 11.8 Å². The molecule has 0 spiro atoms. The van der Waals surface area contributed by atoms with Crippen LogP contribution in [0.25, 0.3) is 11.8 Å². The number of benzene rings is 1. The number of hydrogen-bond acceptors (Lipinski definition) is 2. The SMILES string of the molecule is C=Cc1ccc(OCC)cc1C(=C)N. The second-order valence-corrected chi connectivity index (χ2v) is 2.91. The van der Waals surface area contributed by atoms with E-state index in [9.17, 15) is 0 Å². The van der Waals surface area contributed by atoms with Gasteiger partial charge in [0.2, 0.25) is 0 Å². The molecule has 0 atom stereocenters. The van der Waals surface area contributed by atoms with E-state index in [-0.39, 0.29) is 0 Å². The highest BCUT2D eigenvalue weighted by molar-refractivity contribution is 5.71. The minimum atomic E-state index is 0.529. The summed E-state index contributed by atoms with van der Waals surface area (Å²) in [7, 11) is 0. The van der Waals surface area contributed by atoms with Crippen LogP contribution >= 0.6 is 0 Å². The first kappa shape index (κ1) is 10.4. The Morgan fingerprint density at radius 1 is 1.57 bits per heavy atom. The van der Waals surface area contributed by atoms with Gasteiger partial charge in [0.15, 0.2) is 0 Å². The Hall–Kier alpha value is -1.70. The molecule has 0 unspecified atom stereocenters. The van der Waals surface area contributed by atoms with Gasteiger partial charge < -0.3 is 10.5 Å². The van der Waals surface area contributed by atoms with Crippen LogP contribution in [0.2, 0.25) is 0 Å². The van der Waals surface area contributed by atoms with E-state index in [2.05, 4.69) is 13.2 Å². The highest BCUT2D eigenvalue weighted by Gasteiger charge is 2.02. The van der Waals surface area contributed by atoms with Gasteiger partial charge in [0, 0.05) is 11.3 Å². The van der Waals surface area contributed by atoms with Crippen LogP contribution < -0.4 is 10.5 Å². The lowest BCUT2D eigenvalue weighted by molar-refractivity contribution is 0.340. The summed E-state index contributed by atoms with van der Waals surface area (Å²) < 4.78 is 5.37. The van der Waals surface area contributed by atoms with Crippen molar-refractivity contribution in [3.05, 3.63) is 42.5 Å². The maximum absolute atomic E-state index is 5.66. The van der Waals surface area contributed by atoms with Crippen LogP contribution in [0.5, 0.6) is 5.75 Å². The number of ether oxygens (including phenoxy) is 1. The third-order valence-electron chi connectivity index (χ3n) is 1.90. The molecule has 0 amide bonds.